The van der Waals surface area contributed by atoms with Crippen molar-refractivity contribution < 1.29 is 4.79 Å². The third-order valence-corrected chi connectivity index (χ3v) is 3.92. The molecule has 1 N–H and O–H groups in total. The molecule has 0 fully saturated rings. The van der Waals surface area contributed by atoms with Crippen LogP contribution in [0.3, 0.4) is 0 Å². The van der Waals surface area contributed by atoms with Crippen molar-refractivity contribution in [3.8, 4) is 0 Å². The third kappa shape index (κ3) is 2.84. The minimum Gasteiger partial charge on any atom is -0.335 e. The molecule has 1 aromatic rings. The van der Waals surface area contributed by atoms with Crippen molar-refractivity contribution >= 4 is 6.03 Å². The predicted octanol–water partition coefficient (Wildman–Crippen LogP) is 0.893. The van der Waals surface area contributed by atoms with Gasteiger partial charge in [0.05, 0.1) is 18.6 Å². The Morgan fingerprint density at radius 1 is 1.40 bits per heavy atom. The van der Waals surface area contributed by atoms with Gasteiger partial charge in [-0.15, -0.1) is 0 Å². The summed E-state index contributed by atoms with van der Waals surface area (Å²) in [6.45, 7) is 7.10. The highest BCUT2D eigenvalue weighted by atomic mass is 16.2. The lowest BCUT2D eigenvalue weighted by Crippen LogP contribution is -2.48. The lowest BCUT2D eigenvalue weighted by Gasteiger charge is -2.30. The number of hydrogen-bond acceptors (Lipinski definition) is 3. The van der Waals surface area contributed by atoms with Gasteiger partial charge in [-0.25, -0.2) is 9.78 Å². The maximum atomic E-state index is 12.2. The smallest absolute Gasteiger partial charge is 0.317 e. The van der Waals surface area contributed by atoms with Crippen molar-refractivity contribution in [3.05, 3.63) is 27.9 Å². The second-order valence-electron chi connectivity index (χ2n) is 5.74. The van der Waals surface area contributed by atoms with Crippen LogP contribution in [-0.4, -0.2) is 33.1 Å². The first kappa shape index (κ1) is 14.6. The summed E-state index contributed by atoms with van der Waals surface area (Å²) in [5.41, 5.74) is 1.44. The Hall–Kier alpha value is -1.85. The van der Waals surface area contributed by atoms with Crippen molar-refractivity contribution in [3.63, 3.8) is 0 Å². The van der Waals surface area contributed by atoms with Crippen LogP contribution in [0.25, 0.3) is 0 Å². The summed E-state index contributed by atoms with van der Waals surface area (Å²) in [5, 5.41) is 2.98. The molecule has 0 saturated heterocycles. The number of urea groups is 1. The molecule has 1 atom stereocenters. The fraction of sp³-hybridized carbons (Fsp3) is 0.643. The van der Waals surface area contributed by atoms with E-state index < -0.39 is 0 Å². The topological polar surface area (TPSA) is 67.2 Å². The highest BCUT2D eigenvalue weighted by Crippen LogP contribution is 2.13. The van der Waals surface area contributed by atoms with Gasteiger partial charge in [-0.2, -0.15) is 0 Å². The molecule has 1 aliphatic heterocycles. The second-order valence-corrected chi connectivity index (χ2v) is 5.74. The monoisotopic (exact) mass is 278 g/mol. The van der Waals surface area contributed by atoms with Gasteiger partial charge in [0.15, 0.2) is 0 Å². The van der Waals surface area contributed by atoms with Crippen LogP contribution in [0.2, 0.25) is 0 Å². The number of nitrogens with zero attached hydrogens (tertiary/aromatic N) is 3. The first-order valence-corrected chi connectivity index (χ1v) is 6.99. The van der Waals surface area contributed by atoms with Crippen molar-refractivity contribution in [1.82, 2.24) is 19.8 Å². The van der Waals surface area contributed by atoms with Crippen molar-refractivity contribution in [2.75, 3.05) is 6.54 Å². The van der Waals surface area contributed by atoms with Crippen LogP contribution in [0.1, 0.15) is 32.0 Å². The Kier molecular flexibility index (Phi) is 4.11. The summed E-state index contributed by atoms with van der Waals surface area (Å²) >= 11 is 0. The maximum absolute atomic E-state index is 12.2. The number of nitrogens with one attached hydrogen (secondary N) is 1. The number of hydrogen-bond donors (Lipinski definition) is 1. The molecule has 6 heteroatoms. The number of aromatic nitrogens is 2. The molecule has 0 bridgehead atoms. The van der Waals surface area contributed by atoms with Crippen LogP contribution in [0, 0.1) is 5.92 Å². The Bertz CT molecular complexity index is 565. The lowest BCUT2D eigenvalue weighted by molar-refractivity contribution is 0.184. The summed E-state index contributed by atoms with van der Waals surface area (Å²) in [7, 11) is 1.69. The van der Waals surface area contributed by atoms with E-state index in [9.17, 15) is 9.59 Å². The zero-order valence-electron chi connectivity index (χ0n) is 12.5. The molecule has 0 radical (unpaired) electrons. The van der Waals surface area contributed by atoms with E-state index in [0.717, 1.165) is 5.56 Å². The first-order valence-electron chi connectivity index (χ1n) is 6.99. The molecular formula is C14H22N4O2. The largest absolute Gasteiger partial charge is 0.335 e. The summed E-state index contributed by atoms with van der Waals surface area (Å²) in [4.78, 5) is 30.1. The van der Waals surface area contributed by atoms with E-state index >= 15 is 0 Å². The SMILES string of the molecule is CC(C)[C@H](C)NC(=O)N1CCc2c(ncn(C)c2=O)C1. The highest BCUT2D eigenvalue weighted by Gasteiger charge is 2.25. The Morgan fingerprint density at radius 3 is 2.75 bits per heavy atom. The minimum atomic E-state index is -0.0840. The molecule has 0 aromatic carbocycles. The average Bonchev–Trinajstić information content (AvgIpc) is 2.42. The van der Waals surface area contributed by atoms with E-state index in [0.29, 0.717) is 31.1 Å². The van der Waals surface area contributed by atoms with Crippen molar-refractivity contribution in [1.29, 1.82) is 0 Å². The fourth-order valence-electron chi connectivity index (χ4n) is 2.14. The Morgan fingerprint density at radius 2 is 2.10 bits per heavy atom. The van der Waals surface area contributed by atoms with Gasteiger partial charge < -0.3 is 14.8 Å². The summed E-state index contributed by atoms with van der Waals surface area (Å²) in [6, 6.07) is 0.0415. The molecule has 1 aliphatic rings. The zero-order valence-corrected chi connectivity index (χ0v) is 12.5. The second kappa shape index (κ2) is 5.64. The van der Waals surface area contributed by atoms with Gasteiger partial charge in [0.2, 0.25) is 0 Å². The molecule has 2 heterocycles. The summed E-state index contributed by atoms with van der Waals surface area (Å²) < 4.78 is 1.48. The molecule has 20 heavy (non-hydrogen) atoms. The van der Waals surface area contributed by atoms with Gasteiger partial charge in [0, 0.05) is 25.2 Å². The normalized spacial score (nSPS) is 15.9. The van der Waals surface area contributed by atoms with Gasteiger partial charge in [-0.3, -0.25) is 4.79 Å². The lowest BCUT2D eigenvalue weighted by atomic mass is 10.1. The number of amides is 2. The van der Waals surface area contributed by atoms with Gasteiger partial charge in [0.25, 0.3) is 5.56 Å². The average molecular weight is 278 g/mol. The van der Waals surface area contributed by atoms with Crippen LogP contribution in [0.15, 0.2) is 11.1 Å². The number of aryl methyl sites for hydroxylation is 1. The van der Waals surface area contributed by atoms with Crippen molar-refractivity contribution in [2.24, 2.45) is 13.0 Å². The van der Waals surface area contributed by atoms with E-state index in [1.54, 1.807) is 11.9 Å². The van der Waals surface area contributed by atoms with E-state index in [2.05, 4.69) is 24.1 Å². The van der Waals surface area contributed by atoms with Crippen LogP contribution >= 0.6 is 0 Å². The van der Waals surface area contributed by atoms with Gasteiger partial charge in [-0.1, -0.05) is 13.8 Å². The number of fused-ring (bicyclic) bond motifs is 1. The zero-order chi connectivity index (χ0) is 14.9. The van der Waals surface area contributed by atoms with E-state index in [-0.39, 0.29) is 17.6 Å². The van der Waals surface area contributed by atoms with Gasteiger partial charge in [-0.05, 0) is 19.3 Å². The van der Waals surface area contributed by atoms with Crippen LogP contribution in [-0.2, 0) is 20.0 Å². The number of rotatable bonds is 2. The predicted molar refractivity (Wildman–Crippen MR) is 76.4 cm³/mol. The number of carbonyl (C=O) groups excluding carboxylic acids is 1. The van der Waals surface area contributed by atoms with Gasteiger partial charge in [0.1, 0.15) is 0 Å². The molecule has 0 unspecified atom stereocenters. The Balaban J connectivity index is 2.10. The molecule has 0 aliphatic carbocycles. The molecule has 0 saturated carbocycles. The maximum Gasteiger partial charge on any atom is 0.317 e. The van der Waals surface area contributed by atoms with Crippen LogP contribution < -0.4 is 10.9 Å². The molecule has 2 amide bonds. The summed E-state index contributed by atoms with van der Waals surface area (Å²) in [6.07, 6.45) is 2.08. The molecule has 6 nitrogen and oxygen atoms in total. The molecular weight excluding hydrogens is 256 g/mol. The van der Waals surface area contributed by atoms with E-state index in [4.69, 9.17) is 0 Å². The van der Waals surface area contributed by atoms with E-state index in [1.807, 2.05) is 6.92 Å². The highest BCUT2D eigenvalue weighted by molar-refractivity contribution is 5.74. The Labute approximate surface area is 118 Å². The summed E-state index contributed by atoms with van der Waals surface area (Å²) in [5.74, 6) is 0.390. The first-order chi connectivity index (χ1) is 9.40. The third-order valence-electron chi connectivity index (χ3n) is 3.92. The van der Waals surface area contributed by atoms with Crippen LogP contribution in [0.5, 0.6) is 0 Å². The molecule has 2 rings (SSSR count). The van der Waals surface area contributed by atoms with Crippen LogP contribution in [0.4, 0.5) is 4.79 Å². The molecule has 1 aromatic heterocycles. The number of carbonyl (C=O) groups is 1. The minimum absolute atomic E-state index is 0.00870. The molecule has 0 spiro atoms. The van der Waals surface area contributed by atoms with E-state index in [1.165, 1.54) is 10.9 Å². The van der Waals surface area contributed by atoms with Crippen molar-refractivity contribution in [2.45, 2.75) is 39.8 Å². The standard InChI is InChI=1S/C14H22N4O2/c1-9(2)10(3)16-14(20)18-6-5-11-12(7-18)15-8-17(4)13(11)19/h8-10H,5-7H2,1-4H3,(H,16,20)/t10-/m0/s1. The fourth-order valence-corrected chi connectivity index (χ4v) is 2.14. The van der Waals surface area contributed by atoms with Gasteiger partial charge >= 0.3 is 6.03 Å². The quantitative estimate of drug-likeness (QED) is 0.873. The molecule has 110 valence electrons.